The van der Waals surface area contributed by atoms with E-state index in [1.807, 2.05) is 6.92 Å². The molecule has 6 heteroatoms. The fourth-order valence-corrected chi connectivity index (χ4v) is 2.09. The first kappa shape index (κ1) is 14.3. The van der Waals surface area contributed by atoms with Crippen LogP contribution >= 0.6 is 0 Å². The highest BCUT2D eigenvalue weighted by Gasteiger charge is 2.21. The summed E-state index contributed by atoms with van der Waals surface area (Å²) in [6, 6.07) is 6.66. The van der Waals surface area contributed by atoms with E-state index in [0.29, 0.717) is 30.9 Å². The first-order valence-electron chi connectivity index (χ1n) is 6.53. The van der Waals surface area contributed by atoms with Crippen molar-refractivity contribution in [3.63, 3.8) is 0 Å². The van der Waals surface area contributed by atoms with Crippen LogP contribution in [-0.2, 0) is 16.0 Å². The van der Waals surface area contributed by atoms with Crippen molar-refractivity contribution in [1.82, 2.24) is 4.90 Å². The Morgan fingerprint density at radius 3 is 2.70 bits per heavy atom. The lowest BCUT2D eigenvalue weighted by molar-refractivity contribution is -0.136. The normalized spacial score (nSPS) is 18.6. The molecule has 1 aromatic carbocycles. The molecule has 1 fully saturated rings. The zero-order chi connectivity index (χ0) is 14.5. The van der Waals surface area contributed by atoms with Gasteiger partial charge in [0.25, 0.3) is 0 Å². The summed E-state index contributed by atoms with van der Waals surface area (Å²) in [4.78, 5) is 24.3. The van der Waals surface area contributed by atoms with E-state index in [0.717, 1.165) is 0 Å². The summed E-state index contributed by atoms with van der Waals surface area (Å²) in [5.74, 6) is -0.871. The monoisotopic (exact) mass is 278 g/mol. The molecule has 1 aliphatic heterocycles. The van der Waals surface area contributed by atoms with Gasteiger partial charge in [-0.2, -0.15) is 0 Å². The maximum absolute atomic E-state index is 12.0. The van der Waals surface area contributed by atoms with Gasteiger partial charge in [-0.15, -0.1) is 0 Å². The number of hydrogen-bond acceptors (Lipinski definition) is 3. The van der Waals surface area contributed by atoms with Gasteiger partial charge >= 0.3 is 12.0 Å². The molecule has 6 nitrogen and oxygen atoms in total. The zero-order valence-corrected chi connectivity index (χ0v) is 11.3. The smallest absolute Gasteiger partial charge is 0.322 e. The number of hydrogen-bond donors (Lipinski definition) is 2. The van der Waals surface area contributed by atoms with Crippen molar-refractivity contribution < 1.29 is 19.4 Å². The summed E-state index contributed by atoms with van der Waals surface area (Å²) in [7, 11) is 0. The van der Waals surface area contributed by atoms with Crippen molar-refractivity contribution >= 4 is 17.7 Å². The Bertz CT molecular complexity index is 486. The average Bonchev–Trinajstić information content (AvgIpc) is 2.40. The van der Waals surface area contributed by atoms with Crippen LogP contribution in [0, 0.1) is 0 Å². The third-order valence-electron chi connectivity index (χ3n) is 3.09. The Balaban J connectivity index is 1.92. The van der Waals surface area contributed by atoms with E-state index in [1.54, 1.807) is 29.2 Å². The second-order valence-electron chi connectivity index (χ2n) is 4.83. The molecular weight excluding hydrogens is 260 g/mol. The topological polar surface area (TPSA) is 78.9 Å². The highest BCUT2D eigenvalue weighted by Crippen LogP contribution is 2.12. The minimum atomic E-state index is -0.871. The Morgan fingerprint density at radius 1 is 1.40 bits per heavy atom. The van der Waals surface area contributed by atoms with Crippen LogP contribution in [0.25, 0.3) is 0 Å². The van der Waals surface area contributed by atoms with Crippen molar-refractivity contribution in [3.05, 3.63) is 29.8 Å². The van der Waals surface area contributed by atoms with Crippen molar-refractivity contribution in [2.75, 3.05) is 25.0 Å². The Morgan fingerprint density at radius 2 is 2.10 bits per heavy atom. The molecule has 1 unspecified atom stereocenters. The van der Waals surface area contributed by atoms with Crippen LogP contribution in [0.15, 0.2) is 24.3 Å². The van der Waals surface area contributed by atoms with Crippen LogP contribution in [0.3, 0.4) is 0 Å². The average molecular weight is 278 g/mol. The minimum absolute atomic E-state index is 0.0186. The van der Waals surface area contributed by atoms with Crippen LogP contribution < -0.4 is 5.32 Å². The van der Waals surface area contributed by atoms with Gasteiger partial charge < -0.3 is 20.1 Å². The van der Waals surface area contributed by atoms with Gasteiger partial charge in [-0.25, -0.2) is 4.79 Å². The van der Waals surface area contributed by atoms with Crippen molar-refractivity contribution in [1.29, 1.82) is 0 Å². The lowest BCUT2D eigenvalue weighted by Gasteiger charge is -2.31. The van der Waals surface area contributed by atoms with Gasteiger partial charge in [0, 0.05) is 18.8 Å². The second kappa shape index (κ2) is 6.38. The number of carboxylic acid groups (broad SMARTS) is 1. The van der Waals surface area contributed by atoms with Gasteiger partial charge in [-0.1, -0.05) is 12.1 Å². The van der Waals surface area contributed by atoms with Gasteiger partial charge in [0.2, 0.25) is 0 Å². The summed E-state index contributed by atoms with van der Waals surface area (Å²) in [5, 5.41) is 11.5. The number of carbonyl (C=O) groups excluding carboxylic acids is 1. The van der Waals surface area contributed by atoms with E-state index in [1.165, 1.54) is 0 Å². The number of morpholine rings is 1. The van der Waals surface area contributed by atoms with Crippen LogP contribution in [0.5, 0.6) is 0 Å². The molecule has 20 heavy (non-hydrogen) atoms. The first-order chi connectivity index (χ1) is 9.54. The van der Waals surface area contributed by atoms with Crippen molar-refractivity contribution in [3.8, 4) is 0 Å². The van der Waals surface area contributed by atoms with Gasteiger partial charge in [-0.05, 0) is 24.6 Å². The Hall–Kier alpha value is -2.08. The fraction of sp³-hybridized carbons (Fsp3) is 0.429. The zero-order valence-electron chi connectivity index (χ0n) is 11.3. The molecule has 0 spiro atoms. The molecule has 1 aromatic rings. The number of urea groups is 1. The molecule has 0 aliphatic carbocycles. The third kappa shape index (κ3) is 3.96. The minimum Gasteiger partial charge on any atom is -0.481 e. The third-order valence-corrected chi connectivity index (χ3v) is 3.09. The van der Waals surface area contributed by atoms with E-state index >= 15 is 0 Å². The molecular formula is C14H18N2O4. The number of aliphatic carboxylic acids is 1. The summed E-state index contributed by atoms with van der Waals surface area (Å²) in [6.45, 7) is 3.63. The second-order valence-corrected chi connectivity index (χ2v) is 4.83. The lowest BCUT2D eigenvalue weighted by atomic mass is 10.1. The molecule has 2 amide bonds. The molecule has 1 heterocycles. The maximum Gasteiger partial charge on any atom is 0.322 e. The van der Waals surface area contributed by atoms with Crippen molar-refractivity contribution in [2.45, 2.75) is 19.4 Å². The fourth-order valence-electron chi connectivity index (χ4n) is 2.09. The number of ether oxygens (including phenoxy) is 1. The van der Waals surface area contributed by atoms with Gasteiger partial charge in [-0.3, -0.25) is 4.79 Å². The van der Waals surface area contributed by atoms with E-state index in [4.69, 9.17) is 9.84 Å². The number of nitrogens with zero attached hydrogens (tertiary/aromatic N) is 1. The quantitative estimate of drug-likeness (QED) is 0.879. The molecule has 0 aromatic heterocycles. The molecule has 1 saturated heterocycles. The highest BCUT2D eigenvalue weighted by atomic mass is 16.5. The van der Waals surface area contributed by atoms with E-state index in [2.05, 4.69) is 5.32 Å². The lowest BCUT2D eigenvalue weighted by Crippen LogP contribution is -2.46. The highest BCUT2D eigenvalue weighted by molar-refractivity contribution is 5.89. The molecule has 1 aliphatic rings. The largest absolute Gasteiger partial charge is 0.481 e. The Kier molecular flexibility index (Phi) is 4.57. The van der Waals surface area contributed by atoms with Crippen molar-refractivity contribution in [2.24, 2.45) is 0 Å². The predicted octanol–water partition coefficient (Wildman–Crippen LogP) is 1.57. The SMILES string of the molecule is CC1CN(C(=O)Nc2ccc(CC(=O)O)cc2)CCO1. The summed E-state index contributed by atoms with van der Waals surface area (Å²) in [5.41, 5.74) is 1.36. The molecule has 108 valence electrons. The van der Waals surface area contributed by atoms with Gasteiger partial charge in [0.15, 0.2) is 0 Å². The number of carbonyl (C=O) groups is 2. The van der Waals surface area contributed by atoms with E-state index < -0.39 is 5.97 Å². The Labute approximate surface area is 117 Å². The van der Waals surface area contributed by atoms with Crippen LogP contribution in [0.1, 0.15) is 12.5 Å². The summed E-state index contributed by atoms with van der Waals surface area (Å²) >= 11 is 0. The van der Waals surface area contributed by atoms with Crippen LogP contribution in [0.4, 0.5) is 10.5 Å². The molecule has 0 bridgehead atoms. The molecule has 0 saturated carbocycles. The summed E-state index contributed by atoms with van der Waals surface area (Å²) < 4.78 is 5.38. The predicted molar refractivity (Wildman–Crippen MR) is 73.8 cm³/mol. The maximum atomic E-state index is 12.0. The molecule has 2 N–H and O–H groups in total. The molecule has 0 radical (unpaired) electrons. The van der Waals surface area contributed by atoms with Crippen LogP contribution in [-0.4, -0.2) is 47.8 Å². The number of benzene rings is 1. The number of rotatable bonds is 3. The standard InChI is InChI=1S/C14H18N2O4/c1-10-9-16(6-7-20-10)14(19)15-12-4-2-11(3-5-12)8-13(17)18/h2-5,10H,6-9H2,1H3,(H,15,19)(H,17,18). The number of amides is 2. The van der Waals surface area contributed by atoms with Gasteiger partial charge in [0.05, 0.1) is 19.1 Å². The van der Waals surface area contributed by atoms with E-state index in [9.17, 15) is 9.59 Å². The number of anilines is 1. The number of carboxylic acids is 1. The summed E-state index contributed by atoms with van der Waals surface area (Å²) in [6.07, 6.45) is 0.0299. The molecule has 1 atom stereocenters. The van der Waals surface area contributed by atoms with E-state index in [-0.39, 0.29) is 18.6 Å². The first-order valence-corrected chi connectivity index (χ1v) is 6.53. The van der Waals surface area contributed by atoms with Crippen LogP contribution in [0.2, 0.25) is 0 Å². The van der Waals surface area contributed by atoms with Gasteiger partial charge in [0.1, 0.15) is 0 Å². The number of nitrogens with one attached hydrogen (secondary N) is 1. The molecule has 2 rings (SSSR count).